The Balaban J connectivity index is 2.86. The van der Waals surface area contributed by atoms with Crippen molar-refractivity contribution >= 4 is 23.1 Å². The van der Waals surface area contributed by atoms with Crippen LogP contribution >= 0.6 is 12.2 Å². The molecule has 3 N–H and O–H groups in total. The summed E-state index contributed by atoms with van der Waals surface area (Å²) in [5, 5.41) is 2.73. The number of aromatic nitrogens is 1. The largest absolute Gasteiger partial charge is 0.480 e. The number of thiocarbonyl (C=S) groups is 1. The Morgan fingerprint density at radius 2 is 2.41 bits per heavy atom. The van der Waals surface area contributed by atoms with Gasteiger partial charge in [0.1, 0.15) is 5.56 Å². The van der Waals surface area contributed by atoms with Gasteiger partial charge in [0.05, 0.1) is 18.1 Å². The Morgan fingerprint density at radius 3 is 2.94 bits per heavy atom. The highest BCUT2D eigenvalue weighted by atomic mass is 32.1. The second-order valence-corrected chi connectivity index (χ2v) is 3.87. The van der Waals surface area contributed by atoms with Crippen LogP contribution < -0.4 is 15.8 Å². The molecule has 92 valence electrons. The van der Waals surface area contributed by atoms with E-state index in [-0.39, 0.29) is 22.8 Å². The summed E-state index contributed by atoms with van der Waals surface area (Å²) in [5.74, 6) is -0.0163. The third-order valence-electron chi connectivity index (χ3n) is 2.27. The Hall–Kier alpha value is -1.69. The maximum Gasteiger partial charge on any atom is 0.257 e. The lowest BCUT2D eigenvalue weighted by atomic mass is 10.2. The minimum Gasteiger partial charge on any atom is -0.480 e. The highest BCUT2D eigenvalue weighted by Crippen LogP contribution is 2.13. The van der Waals surface area contributed by atoms with E-state index in [2.05, 4.69) is 10.3 Å². The first-order valence-corrected chi connectivity index (χ1v) is 5.60. The molecule has 0 spiro atoms. The van der Waals surface area contributed by atoms with Crippen molar-refractivity contribution in [2.24, 2.45) is 5.73 Å². The number of rotatable bonds is 5. The number of ether oxygens (including phenoxy) is 1. The second kappa shape index (κ2) is 6.15. The van der Waals surface area contributed by atoms with Gasteiger partial charge in [-0.25, -0.2) is 4.98 Å². The lowest BCUT2D eigenvalue weighted by Crippen LogP contribution is -2.43. The molecule has 1 aromatic rings. The number of carbonyl (C=O) groups is 1. The topological polar surface area (TPSA) is 77.2 Å². The minimum atomic E-state index is -0.317. The summed E-state index contributed by atoms with van der Waals surface area (Å²) < 4.78 is 5.01. The molecular weight excluding hydrogens is 238 g/mol. The summed E-state index contributed by atoms with van der Waals surface area (Å²) in [4.78, 5) is 16.2. The predicted octanol–water partition coefficient (Wildman–Crippen LogP) is 0.885. The smallest absolute Gasteiger partial charge is 0.257 e. The van der Waals surface area contributed by atoms with Crippen molar-refractivity contribution in [2.75, 3.05) is 7.11 Å². The molecule has 5 nitrogen and oxygen atoms in total. The average Bonchev–Trinajstić information content (AvgIpc) is 2.35. The van der Waals surface area contributed by atoms with Gasteiger partial charge in [0.25, 0.3) is 5.91 Å². The van der Waals surface area contributed by atoms with Crippen molar-refractivity contribution in [1.29, 1.82) is 0 Å². The molecule has 17 heavy (non-hydrogen) atoms. The summed E-state index contributed by atoms with van der Waals surface area (Å²) in [6, 6.07) is 2.98. The molecule has 1 unspecified atom stereocenters. The zero-order chi connectivity index (χ0) is 12.8. The second-order valence-electron chi connectivity index (χ2n) is 3.40. The van der Waals surface area contributed by atoms with Crippen molar-refractivity contribution in [2.45, 2.75) is 19.4 Å². The number of methoxy groups -OCH3 is 1. The molecular formula is C11H15N3O2S. The van der Waals surface area contributed by atoms with E-state index in [1.54, 1.807) is 18.3 Å². The zero-order valence-corrected chi connectivity index (χ0v) is 10.6. The van der Waals surface area contributed by atoms with Crippen LogP contribution in [0.15, 0.2) is 18.3 Å². The van der Waals surface area contributed by atoms with Crippen LogP contribution in [0.2, 0.25) is 0 Å². The summed E-state index contributed by atoms with van der Waals surface area (Å²) in [6.07, 6.45) is 2.20. The quantitative estimate of drug-likeness (QED) is 0.762. The van der Waals surface area contributed by atoms with Crippen LogP contribution in [-0.4, -0.2) is 29.0 Å². The fourth-order valence-electron chi connectivity index (χ4n) is 1.34. The number of carbonyl (C=O) groups excluding carboxylic acids is 1. The van der Waals surface area contributed by atoms with E-state index >= 15 is 0 Å². The third kappa shape index (κ3) is 3.39. The number of nitrogens with two attached hydrogens (primary N) is 1. The van der Waals surface area contributed by atoms with E-state index in [4.69, 9.17) is 22.7 Å². The molecule has 1 rings (SSSR count). The molecule has 0 bridgehead atoms. The van der Waals surface area contributed by atoms with Crippen LogP contribution in [0.5, 0.6) is 5.88 Å². The average molecular weight is 253 g/mol. The first kappa shape index (κ1) is 13.4. The molecule has 1 heterocycles. The molecule has 0 saturated heterocycles. The SMILES string of the molecule is CCC(NC(=O)c1cccnc1OC)C(N)=S. The van der Waals surface area contributed by atoms with Gasteiger partial charge in [-0.15, -0.1) is 0 Å². The van der Waals surface area contributed by atoms with E-state index in [9.17, 15) is 4.79 Å². The molecule has 1 amide bonds. The number of hydrogen-bond acceptors (Lipinski definition) is 4. The summed E-state index contributed by atoms with van der Waals surface area (Å²) in [5.41, 5.74) is 5.88. The molecule has 0 aliphatic heterocycles. The standard InChI is InChI=1S/C11H15N3O2S/c1-3-8(9(12)17)14-10(15)7-5-4-6-13-11(7)16-2/h4-6,8H,3H2,1-2H3,(H2,12,17)(H,14,15). The van der Waals surface area contributed by atoms with Crippen molar-refractivity contribution in [3.63, 3.8) is 0 Å². The van der Waals surface area contributed by atoms with Gasteiger partial charge < -0.3 is 15.8 Å². The number of amides is 1. The van der Waals surface area contributed by atoms with Gasteiger partial charge in [0, 0.05) is 6.20 Å². The van der Waals surface area contributed by atoms with E-state index in [1.807, 2.05) is 6.92 Å². The van der Waals surface area contributed by atoms with Crippen molar-refractivity contribution in [1.82, 2.24) is 10.3 Å². The van der Waals surface area contributed by atoms with Crippen molar-refractivity contribution in [3.05, 3.63) is 23.9 Å². The van der Waals surface area contributed by atoms with E-state index in [0.717, 1.165) is 0 Å². The molecule has 0 radical (unpaired) electrons. The highest BCUT2D eigenvalue weighted by molar-refractivity contribution is 7.80. The maximum atomic E-state index is 12.0. The number of nitrogens with zero attached hydrogens (tertiary/aromatic N) is 1. The monoisotopic (exact) mass is 253 g/mol. The van der Waals surface area contributed by atoms with Gasteiger partial charge in [-0.05, 0) is 18.6 Å². The Labute approximate surface area is 105 Å². The van der Waals surface area contributed by atoms with Crippen LogP contribution in [0.3, 0.4) is 0 Å². The van der Waals surface area contributed by atoms with Gasteiger partial charge in [0.15, 0.2) is 0 Å². The summed E-state index contributed by atoms with van der Waals surface area (Å²) in [7, 11) is 1.46. The summed E-state index contributed by atoms with van der Waals surface area (Å²) >= 11 is 4.86. The van der Waals surface area contributed by atoms with Crippen LogP contribution in [0, 0.1) is 0 Å². The molecule has 0 aromatic carbocycles. The molecule has 6 heteroatoms. The number of nitrogens with one attached hydrogen (secondary N) is 1. The molecule has 0 saturated carbocycles. The zero-order valence-electron chi connectivity index (χ0n) is 9.77. The van der Waals surface area contributed by atoms with Crippen molar-refractivity contribution < 1.29 is 9.53 Å². The maximum absolute atomic E-state index is 12.0. The van der Waals surface area contributed by atoms with Crippen molar-refractivity contribution in [3.8, 4) is 5.88 Å². The van der Waals surface area contributed by atoms with Gasteiger partial charge in [-0.3, -0.25) is 4.79 Å². The molecule has 0 aliphatic rings. The number of hydrogen-bond donors (Lipinski definition) is 2. The molecule has 1 atom stereocenters. The van der Waals surface area contributed by atoms with E-state index in [1.165, 1.54) is 7.11 Å². The molecule has 0 fully saturated rings. The van der Waals surface area contributed by atoms with Crippen LogP contribution in [0.25, 0.3) is 0 Å². The Kier molecular flexibility index (Phi) is 4.84. The van der Waals surface area contributed by atoms with E-state index in [0.29, 0.717) is 12.0 Å². The first-order chi connectivity index (χ1) is 8.10. The normalized spacial score (nSPS) is 11.6. The van der Waals surface area contributed by atoms with Gasteiger partial charge >= 0.3 is 0 Å². The lowest BCUT2D eigenvalue weighted by molar-refractivity contribution is 0.0942. The molecule has 1 aromatic heterocycles. The van der Waals surface area contributed by atoms with Gasteiger partial charge in [-0.1, -0.05) is 19.1 Å². The van der Waals surface area contributed by atoms with Gasteiger partial charge in [0.2, 0.25) is 5.88 Å². The summed E-state index contributed by atoms with van der Waals surface area (Å²) in [6.45, 7) is 1.89. The Morgan fingerprint density at radius 1 is 1.71 bits per heavy atom. The fraction of sp³-hybridized carbons (Fsp3) is 0.364. The van der Waals surface area contributed by atoms with Crippen LogP contribution in [-0.2, 0) is 0 Å². The molecule has 0 aliphatic carbocycles. The third-order valence-corrected chi connectivity index (χ3v) is 2.55. The Bertz CT molecular complexity index is 423. The fourth-order valence-corrected chi connectivity index (χ4v) is 1.56. The van der Waals surface area contributed by atoms with Crippen LogP contribution in [0.1, 0.15) is 23.7 Å². The lowest BCUT2D eigenvalue weighted by Gasteiger charge is -2.15. The van der Waals surface area contributed by atoms with Gasteiger partial charge in [-0.2, -0.15) is 0 Å². The van der Waals surface area contributed by atoms with E-state index < -0.39 is 0 Å². The van der Waals surface area contributed by atoms with Crippen LogP contribution in [0.4, 0.5) is 0 Å². The first-order valence-electron chi connectivity index (χ1n) is 5.19. The highest BCUT2D eigenvalue weighted by Gasteiger charge is 2.17. The predicted molar refractivity (Wildman–Crippen MR) is 69.1 cm³/mol. The number of pyridine rings is 1. The minimum absolute atomic E-state index is 0.267.